The van der Waals surface area contributed by atoms with E-state index in [0.717, 1.165) is 17.0 Å². The molecule has 6 heteroatoms. The summed E-state index contributed by atoms with van der Waals surface area (Å²) in [5.74, 6) is -0.142. The SMILES string of the molecule is Cc1ccc(C(=O)c2cnn3c(-c4ccncc4)ccnc23)cn1. The fourth-order valence-electron chi connectivity index (χ4n) is 2.55. The van der Waals surface area contributed by atoms with Crippen LogP contribution in [0.1, 0.15) is 21.6 Å². The van der Waals surface area contributed by atoms with Crippen LogP contribution in [0.5, 0.6) is 0 Å². The Hall–Kier alpha value is -3.41. The molecule has 0 aliphatic heterocycles. The van der Waals surface area contributed by atoms with E-state index >= 15 is 0 Å². The van der Waals surface area contributed by atoms with Gasteiger partial charge in [0.15, 0.2) is 11.4 Å². The normalized spacial score (nSPS) is 10.9. The highest BCUT2D eigenvalue weighted by molar-refractivity contribution is 6.12. The van der Waals surface area contributed by atoms with E-state index in [1.54, 1.807) is 41.6 Å². The molecule has 0 N–H and O–H groups in total. The van der Waals surface area contributed by atoms with E-state index in [2.05, 4.69) is 20.1 Å². The molecule has 0 aliphatic carbocycles. The van der Waals surface area contributed by atoms with Gasteiger partial charge in [0, 0.05) is 41.6 Å². The zero-order valence-corrected chi connectivity index (χ0v) is 12.9. The van der Waals surface area contributed by atoms with Crippen molar-refractivity contribution in [1.82, 2.24) is 24.6 Å². The lowest BCUT2D eigenvalue weighted by Gasteiger charge is -2.04. The van der Waals surface area contributed by atoms with Crippen molar-refractivity contribution < 1.29 is 4.79 Å². The topological polar surface area (TPSA) is 73.0 Å². The summed E-state index contributed by atoms with van der Waals surface area (Å²) in [4.78, 5) is 25.3. The van der Waals surface area contributed by atoms with Gasteiger partial charge in [-0.1, -0.05) is 0 Å². The van der Waals surface area contributed by atoms with Gasteiger partial charge in [0.2, 0.25) is 0 Å². The van der Waals surface area contributed by atoms with Crippen molar-refractivity contribution in [2.24, 2.45) is 0 Å². The molecule has 0 atom stereocenters. The fourth-order valence-corrected chi connectivity index (χ4v) is 2.55. The third-order valence-electron chi connectivity index (χ3n) is 3.80. The lowest BCUT2D eigenvalue weighted by Crippen LogP contribution is -2.03. The van der Waals surface area contributed by atoms with E-state index in [9.17, 15) is 4.79 Å². The van der Waals surface area contributed by atoms with Crippen LogP contribution in [-0.2, 0) is 0 Å². The van der Waals surface area contributed by atoms with Gasteiger partial charge in [0.05, 0.1) is 17.5 Å². The van der Waals surface area contributed by atoms with Gasteiger partial charge in [-0.3, -0.25) is 14.8 Å². The monoisotopic (exact) mass is 315 g/mol. The molecule has 24 heavy (non-hydrogen) atoms. The van der Waals surface area contributed by atoms with Crippen LogP contribution in [0.2, 0.25) is 0 Å². The number of fused-ring (bicyclic) bond motifs is 1. The Morgan fingerprint density at radius 3 is 2.54 bits per heavy atom. The minimum Gasteiger partial charge on any atom is -0.288 e. The number of pyridine rings is 2. The first-order valence-electron chi connectivity index (χ1n) is 7.44. The van der Waals surface area contributed by atoms with Crippen LogP contribution in [0.4, 0.5) is 0 Å². The smallest absolute Gasteiger partial charge is 0.200 e. The molecule has 116 valence electrons. The van der Waals surface area contributed by atoms with Crippen LogP contribution in [0.25, 0.3) is 16.9 Å². The zero-order chi connectivity index (χ0) is 16.5. The summed E-state index contributed by atoms with van der Waals surface area (Å²) >= 11 is 0. The van der Waals surface area contributed by atoms with Crippen LogP contribution in [0, 0.1) is 6.92 Å². The van der Waals surface area contributed by atoms with Gasteiger partial charge in [-0.2, -0.15) is 5.10 Å². The largest absolute Gasteiger partial charge is 0.288 e. The average Bonchev–Trinajstić information content (AvgIpc) is 3.06. The highest BCUT2D eigenvalue weighted by atomic mass is 16.1. The molecule has 0 amide bonds. The summed E-state index contributed by atoms with van der Waals surface area (Å²) in [5.41, 5.74) is 4.17. The second kappa shape index (κ2) is 5.66. The van der Waals surface area contributed by atoms with Gasteiger partial charge in [0.25, 0.3) is 0 Å². The van der Waals surface area contributed by atoms with E-state index in [4.69, 9.17) is 0 Å². The summed E-state index contributed by atoms with van der Waals surface area (Å²) < 4.78 is 1.67. The molecule has 0 radical (unpaired) electrons. The van der Waals surface area contributed by atoms with E-state index in [-0.39, 0.29) is 5.78 Å². The number of rotatable bonds is 3. The molecule has 0 aromatic carbocycles. The van der Waals surface area contributed by atoms with Gasteiger partial charge >= 0.3 is 0 Å². The van der Waals surface area contributed by atoms with Crippen molar-refractivity contribution >= 4 is 11.4 Å². The average molecular weight is 315 g/mol. The van der Waals surface area contributed by atoms with Crippen molar-refractivity contribution in [1.29, 1.82) is 0 Å². The minimum absolute atomic E-state index is 0.142. The molecule has 0 aliphatic rings. The first kappa shape index (κ1) is 14.2. The molecule has 4 rings (SSSR count). The third kappa shape index (κ3) is 2.34. The van der Waals surface area contributed by atoms with Gasteiger partial charge in [-0.15, -0.1) is 0 Å². The lowest BCUT2D eigenvalue weighted by atomic mass is 10.1. The molecule has 0 saturated carbocycles. The second-order valence-electron chi connectivity index (χ2n) is 5.38. The Morgan fingerprint density at radius 2 is 1.79 bits per heavy atom. The van der Waals surface area contributed by atoms with Crippen LogP contribution in [0.3, 0.4) is 0 Å². The van der Waals surface area contributed by atoms with Crippen molar-refractivity contribution in [2.45, 2.75) is 6.92 Å². The number of carbonyl (C=O) groups excluding carboxylic acids is 1. The summed E-state index contributed by atoms with van der Waals surface area (Å²) in [6.45, 7) is 1.88. The van der Waals surface area contributed by atoms with E-state index < -0.39 is 0 Å². The van der Waals surface area contributed by atoms with Crippen molar-refractivity contribution in [2.75, 3.05) is 0 Å². The molecule has 0 saturated heterocycles. The van der Waals surface area contributed by atoms with Crippen molar-refractivity contribution in [3.05, 3.63) is 78.1 Å². The molecular formula is C18H13N5O. The van der Waals surface area contributed by atoms with E-state index in [1.165, 1.54) is 0 Å². The van der Waals surface area contributed by atoms with Crippen LogP contribution >= 0.6 is 0 Å². The van der Waals surface area contributed by atoms with Gasteiger partial charge < -0.3 is 0 Å². The Labute approximate surface area is 137 Å². The van der Waals surface area contributed by atoms with Crippen LogP contribution in [0.15, 0.2) is 61.3 Å². The molecule has 4 heterocycles. The number of nitrogens with zero attached hydrogens (tertiary/aromatic N) is 5. The second-order valence-corrected chi connectivity index (χ2v) is 5.38. The molecular weight excluding hydrogens is 302 g/mol. The first-order chi connectivity index (χ1) is 11.7. The third-order valence-corrected chi connectivity index (χ3v) is 3.80. The number of hydrogen-bond acceptors (Lipinski definition) is 5. The molecule has 6 nitrogen and oxygen atoms in total. The number of carbonyl (C=O) groups is 1. The first-order valence-corrected chi connectivity index (χ1v) is 7.44. The van der Waals surface area contributed by atoms with Crippen molar-refractivity contribution in [3.63, 3.8) is 0 Å². The maximum Gasteiger partial charge on any atom is 0.200 e. The Morgan fingerprint density at radius 1 is 0.958 bits per heavy atom. The van der Waals surface area contributed by atoms with Crippen LogP contribution < -0.4 is 0 Å². The predicted molar refractivity (Wildman–Crippen MR) is 88.6 cm³/mol. The molecule has 0 spiro atoms. The lowest BCUT2D eigenvalue weighted by molar-refractivity contribution is 0.103. The number of aromatic nitrogens is 5. The Balaban J connectivity index is 1.84. The quantitative estimate of drug-likeness (QED) is 0.544. The Kier molecular flexibility index (Phi) is 3.35. The maximum atomic E-state index is 12.7. The summed E-state index contributed by atoms with van der Waals surface area (Å²) in [7, 11) is 0. The Bertz CT molecular complexity index is 1020. The van der Waals surface area contributed by atoms with E-state index in [0.29, 0.717) is 16.8 Å². The highest BCUT2D eigenvalue weighted by Crippen LogP contribution is 2.21. The molecule has 4 aromatic heterocycles. The number of aryl methyl sites for hydroxylation is 1. The molecule has 0 unspecified atom stereocenters. The van der Waals surface area contributed by atoms with Gasteiger partial charge in [-0.25, -0.2) is 9.50 Å². The fraction of sp³-hybridized carbons (Fsp3) is 0.0556. The van der Waals surface area contributed by atoms with Crippen LogP contribution in [-0.4, -0.2) is 30.3 Å². The summed E-state index contributed by atoms with van der Waals surface area (Å²) in [6, 6.07) is 9.22. The van der Waals surface area contributed by atoms with Gasteiger partial charge in [0.1, 0.15) is 0 Å². The number of ketones is 1. The predicted octanol–water partition coefficient (Wildman–Crippen LogP) is 2.73. The highest BCUT2D eigenvalue weighted by Gasteiger charge is 2.17. The van der Waals surface area contributed by atoms with Crippen molar-refractivity contribution in [3.8, 4) is 11.3 Å². The maximum absolute atomic E-state index is 12.7. The minimum atomic E-state index is -0.142. The zero-order valence-electron chi connectivity index (χ0n) is 12.9. The summed E-state index contributed by atoms with van der Waals surface area (Å²) in [5, 5.41) is 4.35. The standard InChI is InChI=1S/C18H13N5O/c1-12-2-3-14(10-21-12)17(24)15-11-22-23-16(6-9-20-18(15)23)13-4-7-19-8-5-13/h2-11H,1H3. The number of hydrogen-bond donors (Lipinski definition) is 0. The van der Waals surface area contributed by atoms with Gasteiger partial charge in [-0.05, 0) is 37.3 Å². The van der Waals surface area contributed by atoms with E-state index in [1.807, 2.05) is 31.2 Å². The summed E-state index contributed by atoms with van der Waals surface area (Å²) in [6.07, 6.45) is 8.24. The molecule has 0 fully saturated rings. The molecule has 4 aromatic rings. The molecule has 0 bridgehead atoms.